The Kier molecular flexibility index (Phi) is 2.42. The second kappa shape index (κ2) is 3.61. The Balaban J connectivity index is 2.13. The van der Waals surface area contributed by atoms with Crippen molar-refractivity contribution < 1.29 is 0 Å². The van der Waals surface area contributed by atoms with Crippen LogP contribution in [0.4, 0.5) is 17.3 Å². The first-order valence-electron chi connectivity index (χ1n) is 5.39. The Morgan fingerprint density at radius 2 is 1.93 bits per heavy atom. The minimum atomic E-state index is 0.176. The summed E-state index contributed by atoms with van der Waals surface area (Å²) in [6, 6.07) is 3.68. The topological polar surface area (TPSA) is 77.0 Å². The van der Waals surface area contributed by atoms with E-state index in [1.165, 1.54) is 25.7 Å². The van der Waals surface area contributed by atoms with Crippen LogP contribution >= 0.6 is 0 Å². The van der Waals surface area contributed by atoms with Crippen molar-refractivity contribution in [3.05, 3.63) is 12.1 Å². The Bertz CT molecular complexity index is 356. The molecule has 1 aliphatic rings. The van der Waals surface area contributed by atoms with Gasteiger partial charge in [-0.15, -0.1) is 0 Å². The van der Waals surface area contributed by atoms with Crippen molar-refractivity contribution in [2.75, 3.05) is 16.8 Å². The fourth-order valence-corrected chi connectivity index (χ4v) is 2.14. The van der Waals surface area contributed by atoms with Crippen LogP contribution < -0.4 is 16.8 Å². The van der Waals surface area contributed by atoms with E-state index in [2.05, 4.69) is 17.2 Å². The summed E-state index contributed by atoms with van der Waals surface area (Å²) in [6.45, 7) is 2.23. The molecule has 0 unspecified atom stereocenters. The molecule has 0 bridgehead atoms. The number of hydrogen-bond acceptors (Lipinski definition) is 4. The molecule has 1 aliphatic carbocycles. The van der Waals surface area contributed by atoms with Crippen molar-refractivity contribution in [3.8, 4) is 0 Å². The monoisotopic (exact) mass is 206 g/mol. The average molecular weight is 206 g/mol. The standard InChI is InChI=1S/C11H18N4/c1-11(6-2-3-7-11)15-9-5-4-8(12)10(13)14-9/h4-5H,2-3,6-7,12H2,1H3,(H3,13,14,15). The molecular formula is C11H18N4. The third kappa shape index (κ3) is 2.14. The van der Waals surface area contributed by atoms with Gasteiger partial charge in [0.2, 0.25) is 0 Å². The summed E-state index contributed by atoms with van der Waals surface area (Å²) in [6.07, 6.45) is 4.96. The lowest BCUT2D eigenvalue weighted by Gasteiger charge is -2.26. The molecule has 0 atom stereocenters. The maximum Gasteiger partial charge on any atom is 0.149 e. The zero-order valence-corrected chi connectivity index (χ0v) is 9.09. The van der Waals surface area contributed by atoms with Gasteiger partial charge in [-0.05, 0) is 31.9 Å². The molecule has 82 valence electrons. The summed E-state index contributed by atoms with van der Waals surface area (Å²) in [7, 11) is 0. The molecule has 4 nitrogen and oxygen atoms in total. The maximum absolute atomic E-state index is 5.66. The summed E-state index contributed by atoms with van der Waals surface area (Å²) in [5, 5.41) is 3.44. The molecule has 0 radical (unpaired) electrons. The van der Waals surface area contributed by atoms with Crippen LogP contribution in [0.25, 0.3) is 0 Å². The predicted molar refractivity (Wildman–Crippen MR) is 63.6 cm³/mol. The van der Waals surface area contributed by atoms with Gasteiger partial charge in [-0.3, -0.25) is 0 Å². The van der Waals surface area contributed by atoms with Gasteiger partial charge in [-0.2, -0.15) is 0 Å². The molecule has 4 heteroatoms. The van der Waals surface area contributed by atoms with Crippen LogP contribution in [0.15, 0.2) is 12.1 Å². The van der Waals surface area contributed by atoms with Gasteiger partial charge in [0, 0.05) is 5.54 Å². The first kappa shape index (κ1) is 10.1. The first-order valence-corrected chi connectivity index (χ1v) is 5.39. The second-order valence-corrected chi connectivity index (χ2v) is 4.56. The SMILES string of the molecule is CC1(Nc2ccc(N)c(N)n2)CCCC1. The highest BCUT2D eigenvalue weighted by molar-refractivity contribution is 5.61. The molecule has 0 aromatic carbocycles. The molecule has 1 aromatic rings. The number of anilines is 3. The molecule has 2 rings (SSSR count). The lowest BCUT2D eigenvalue weighted by Crippen LogP contribution is -2.31. The molecule has 5 N–H and O–H groups in total. The summed E-state index contributed by atoms with van der Waals surface area (Å²) < 4.78 is 0. The van der Waals surface area contributed by atoms with Gasteiger partial charge < -0.3 is 16.8 Å². The summed E-state index contributed by atoms with van der Waals surface area (Å²) in [5.74, 6) is 1.23. The minimum Gasteiger partial charge on any atom is -0.396 e. The molecule has 1 saturated carbocycles. The van der Waals surface area contributed by atoms with Gasteiger partial charge in [0.05, 0.1) is 5.69 Å². The lowest BCUT2D eigenvalue weighted by molar-refractivity contribution is 0.531. The molecule has 0 saturated heterocycles. The zero-order valence-electron chi connectivity index (χ0n) is 9.09. The fraction of sp³-hybridized carbons (Fsp3) is 0.545. The summed E-state index contributed by atoms with van der Waals surface area (Å²) in [4.78, 5) is 4.22. The number of nitrogens with one attached hydrogen (secondary N) is 1. The van der Waals surface area contributed by atoms with E-state index in [4.69, 9.17) is 11.5 Å². The maximum atomic E-state index is 5.66. The van der Waals surface area contributed by atoms with E-state index in [1.807, 2.05) is 6.07 Å². The number of aromatic nitrogens is 1. The number of nitrogen functional groups attached to an aromatic ring is 2. The van der Waals surface area contributed by atoms with E-state index in [0.717, 1.165) is 5.82 Å². The van der Waals surface area contributed by atoms with Gasteiger partial charge in [-0.25, -0.2) is 4.98 Å². The van der Waals surface area contributed by atoms with Crippen LogP contribution in [0.3, 0.4) is 0 Å². The Hall–Kier alpha value is -1.45. The molecule has 0 spiro atoms. The smallest absolute Gasteiger partial charge is 0.149 e. The Morgan fingerprint density at radius 1 is 1.27 bits per heavy atom. The highest BCUT2D eigenvalue weighted by Gasteiger charge is 2.28. The molecule has 1 aromatic heterocycles. The highest BCUT2D eigenvalue weighted by Crippen LogP contribution is 2.32. The van der Waals surface area contributed by atoms with E-state index < -0.39 is 0 Å². The van der Waals surface area contributed by atoms with Gasteiger partial charge in [-0.1, -0.05) is 12.8 Å². The number of nitrogens with zero attached hydrogens (tertiary/aromatic N) is 1. The molecule has 0 aliphatic heterocycles. The average Bonchev–Trinajstić information content (AvgIpc) is 2.59. The molecule has 15 heavy (non-hydrogen) atoms. The van der Waals surface area contributed by atoms with Crippen molar-refractivity contribution in [1.82, 2.24) is 4.98 Å². The van der Waals surface area contributed by atoms with Crippen LogP contribution in [-0.4, -0.2) is 10.5 Å². The van der Waals surface area contributed by atoms with Gasteiger partial charge >= 0.3 is 0 Å². The Labute approximate surface area is 90.1 Å². The molecule has 0 amide bonds. The van der Waals surface area contributed by atoms with Crippen molar-refractivity contribution in [2.45, 2.75) is 38.1 Å². The number of hydrogen-bond donors (Lipinski definition) is 3. The van der Waals surface area contributed by atoms with Gasteiger partial charge in [0.1, 0.15) is 11.6 Å². The van der Waals surface area contributed by atoms with Crippen molar-refractivity contribution in [3.63, 3.8) is 0 Å². The van der Waals surface area contributed by atoms with E-state index in [1.54, 1.807) is 6.07 Å². The first-order chi connectivity index (χ1) is 7.09. The van der Waals surface area contributed by atoms with Crippen molar-refractivity contribution >= 4 is 17.3 Å². The fourth-order valence-electron chi connectivity index (χ4n) is 2.14. The summed E-state index contributed by atoms with van der Waals surface area (Å²) >= 11 is 0. The Morgan fingerprint density at radius 3 is 2.53 bits per heavy atom. The zero-order chi connectivity index (χ0) is 10.9. The largest absolute Gasteiger partial charge is 0.396 e. The van der Waals surface area contributed by atoms with Crippen LogP contribution in [0, 0.1) is 0 Å². The predicted octanol–water partition coefficient (Wildman–Crippen LogP) is 1.99. The van der Waals surface area contributed by atoms with Gasteiger partial charge in [0.15, 0.2) is 0 Å². The number of rotatable bonds is 2. The van der Waals surface area contributed by atoms with Crippen LogP contribution in [-0.2, 0) is 0 Å². The highest BCUT2D eigenvalue weighted by atomic mass is 15.1. The van der Waals surface area contributed by atoms with Crippen LogP contribution in [0.5, 0.6) is 0 Å². The molecular weight excluding hydrogens is 188 g/mol. The van der Waals surface area contributed by atoms with Crippen molar-refractivity contribution in [1.29, 1.82) is 0 Å². The van der Waals surface area contributed by atoms with Crippen molar-refractivity contribution in [2.24, 2.45) is 0 Å². The normalized spacial score (nSPS) is 19.0. The summed E-state index contributed by atoms with van der Waals surface area (Å²) in [5.41, 5.74) is 12.0. The van der Waals surface area contributed by atoms with Gasteiger partial charge in [0.25, 0.3) is 0 Å². The quantitative estimate of drug-likeness (QED) is 0.691. The van der Waals surface area contributed by atoms with Crippen LogP contribution in [0.2, 0.25) is 0 Å². The van der Waals surface area contributed by atoms with E-state index in [9.17, 15) is 0 Å². The lowest BCUT2D eigenvalue weighted by atomic mass is 10.0. The third-order valence-corrected chi connectivity index (χ3v) is 3.09. The molecule has 1 fully saturated rings. The van der Waals surface area contributed by atoms with E-state index in [0.29, 0.717) is 11.5 Å². The second-order valence-electron chi connectivity index (χ2n) is 4.56. The third-order valence-electron chi connectivity index (χ3n) is 3.09. The number of pyridine rings is 1. The minimum absolute atomic E-state index is 0.176. The van der Waals surface area contributed by atoms with E-state index in [-0.39, 0.29) is 5.54 Å². The number of nitrogens with two attached hydrogens (primary N) is 2. The van der Waals surface area contributed by atoms with Crippen LogP contribution in [0.1, 0.15) is 32.6 Å². The molecule has 1 heterocycles. The van der Waals surface area contributed by atoms with E-state index >= 15 is 0 Å².